The van der Waals surface area contributed by atoms with E-state index >= 15 is 0 Å². The highest BCUT2D eigenvalue weighted by molar-refractivity contribution is 9.10. The zero-order valence-corrected chi connectivity index (χ0v) is 11.2. The molecule has 0 saturated carbocycles. The van der Waals surface area contributed by atoms with Crippen LogP contribution in [0.5, 0.6) is 0 Å². The number of carbonyl (C=O) groups excluding carboxylic acids is 1. The van der Waals surface area contributed by atoms with Gasteiger partial charge in [-0.05, 0) is 46.4 Å². The van der Waals surface area contributed by atoms with Crippen molar-refractivity contribution in [2.45, 2.75) is 6.92 Å². The van der Waals surface area contributed by atoms with Gasteiger partial charge in [-0.2, -0.15) is 0 Å². The molecule has 0 fully saturated rings. The lowest BCUT2D eigenvalue weighted by Gasteiger charge is -2.05. The molecule has 0 aliphatic carbocycles. The molecular formula is C12H7BrF2OS. The van der Waals surface area contributed by atoms with E-state index in [0.29, 0.717) is 5.56 Å². The fraction of sp³-hybridized carbons (Fsp3) is 0.0833. The Morgan fingerprint density at radius 2 is 1.94 bits per heavy atom. The molecule has 0 spiro atoms. The maximum atomic E-state index is 13.3. The fourth-order valence-electron chi connectivity index (χ4n) is 1.47. The Bertz CT molecular complexity index is 592. The molecule has 1 aromatic heterocycles. The quantitative estimate of drug-likeness (QED) is 0.595. The highest BCUT2D eigenvalue weighted by Gasteiger charge is 2.19. The van der Waals surface area contributed by atoms with Gasteiger partial charge in [-0.1, -0.05) is 0 Å². The average molecular weight is 317 g/mol. The van der Waals surface area contributed by atoms with Crippen LogP contribution in [0.3, 0.4) is 0 Å². The number of ketones is 1. The Morgan fingerprint density at radius 3 is 2.53 bits per heavy atom. The second-order valence-electron chi connectivity index (χ2n) is 3.44. The van der Waals surface area contributed by atoms with Crippen LogP contribution in [-0.2, 0) is 0 Å². The van der Waals surface area contributed by atoms with Crippen LogP contribution in [0.15, 0.2) is 28.1 Å². The lowest BCUT2D eigenvalue weighted by Crippen LogP contribution is -2.04. The van der Waals surface area contributed by atoms with Crippen LogP contribution in [0, 0.1) is 18.6 Å². The Balaban J connectivity index is 2.53. The van der Waals surface area contributed by atoms with E-state index in [9.17, 15) is 13.6 Å². The predicted octanol–water partition coefficient (Wildman–Crippen LogP) is 4.33. The van der Waals surface area contributed by atoms with Crippen molar-refractivity contribution in [2.75, 3.05) is 0 Å². The Kier molecular flexibility index (Phi) is 3.40. The van der Waals surface area contributed by atoms with Crippen LogP contribution >= 0.6 is 27.3 Å². The summed E-state index contributed by atoms with van der Waals surface area (Å²) < 4.78 is 26.1. The molecule has 0 atom stereocenters. The molecule has 1 heterocycles. The largest absolute Gasteiger partial charge is 0.289 e. The predicted molar refractivity (Wildman–Crippen MR) is 66.5 cm³/mol. The summed E-state index contributed by atoms with van der Waals surface area (Å²) in [5.41, 5.74) is 0.645. The zero-order valence-electron chi connectivity index (χ0n) is 8.76. The zero-order chi connectivity index (χ0) is 12.6. The summed E-state index contributed by atoms with van der Waals surface area (Å²) in [5, 5.41) is 1.79. The summed E-state index contributed by atoms with van der Waals surface area (Å²) in [7, 11) is 0. The van der Waals surface area contributed by atoms with E-state index in [-0.39, 0.29) is 15.8 Å². The van der Waals surface area contributed by atoms with Gasteiger partial charge in [-0.25, -0.2) is 8.78 Å². The smallest absolute Gasteiger partial charge is 0.195 e. The summed E-state index contributed by atoms with van der Waals surface area (Å²) in [6.07, 6.45) is 0. The SMILES string of the molecule is Cc1sccc1C(=O)c1ccc(F)c(F)c1Br. The number of aryl methyl sites for hydroxylation is 1. The molecule has 1 aromatic carbocycles. The van der Waals surface area contributed by atoms with E-state index in [4.69, 9.17) is 0 Å². The minimum absolute atomic E-state index is 0.130. The molecule has 5 heteroatoms. The average Bonchev–Trinajstić information content (AvgIpc) is 2.72. The number of carbonyl (C=O) groups is 1. The lowest BCUT2D eigenvalue weighted by atomic mass is 10.0. The lowest BCUT2D eigenvalue weighted by molar-refractivity contribution is 0.103. The van der Waals surface area contributed by atoms with Crippen molar-refractivity contribution in [3.05, 3.63) is 55.7 Å². The number of benzene rings is 1. The minimum Gasteiger partial charge on any atom is -0.289 e. The Labute approximate surface area is 109 Å². The third kappa shape index (κ3) is 2.17. The Hall–Kier alpha value is -1.07. The van der Waals surface area contributed by atoms with Gasteiger partial charge in [0, 0.05) is 16.0 Å². The molecule has 0 aliphatic heterocycles. The first kappa shape index (κ1) is 12.4. The first-order valence-corrected chi connectivity index (χ1v) is 6.42. The molecule has 0 N–H and O–H groups in total. The molecule has 0 unspecified atom stereocenters. The van der Waals surface area contributed by atoms with E-state index in [0.717, 1.165) is 10.9 Å². The van der Waals surface area contributed by atoms with Crippen LogP contribution in [-0.4, -0.2) is 5.78 Å². The standard InChI is InChI=1S/C12H7BrF2OS/c1-6-7(4-5-17-6)12(16)8-2-3-9(14)11(15)10(8)13/h2-5H,1H3. The number of rotatable bonds is 2. The van der Waals surface area contributed by atoms with Crippen molar-refractivity contribution >= 4 is 33.0 Å². The van der Waals surface area contributed by atoms with E-state index in [1.165, 1.54) is 17.4 Å². The molecule has 0 bridgehead atoms. The number of hydrogen-bond acceptors (Lipinski definition) is 2. The Morgan fingerprint density at radius 1 is 1.24 bits per heavy atom. The highest BCUT2D eigenvalue weighted by Crippen LogP contribution is 2.27. The van der Waals surface area contributed by atoms with Gasteiger partial charge in [0.05, 0.1) is 4.47 Å². The summed E-state index contributed by atoms with van der Waals surface area (Å²) in [6.45, 7) is 1.81. The van der Waals surface area contributed by atoms with Crippen LogP contribution in [0.1, 0.15) is 20.8 Å². The second-order valence-corrected chi connectivity index (χ2v) is 5.36. The topological polar surface area (TPSA) is 17.1 Å². The molecule has 0 aliphatic rings. The third-order valence-electron chi connectivity index (χ3n) is 2.38. The normalized spacial score (nSPS) is 10.6. The van der Waals surface area contributed by atoms with E-state index in [1.54, 1.807) is 11.4 Å². The molecule has 17 heavy (non-hydrogen) atoms. The minimum atomic E-state index is -1.04. The van der Waals surface area contributed by atoms with Crippen LogP contribution in [0.2, 0.25) is 0 Å². The molecule has 88 valence electrons. The molecule has 0 radical (unpaired) electrons. The summed E-state index contributed by atoms with van der Waals surface area (Å²) in [6, 6.07) is 3.91. The van der Waals surface area contributed by atoms with Crippen LogP contribution in [0.25, 0.3) is 0 Å². The summed E-state index contributed by atoms with van der Waals surface area (Å²) in [4.78, 5) is 13.0. The van der Waals surface area contributed by atoms with E-state index in [2.05, 4.69) is 15.9 Å². The molecule has 2 aromatic rings. The molecule has 0 amide bonds. The number of halogens is 3. The van der Waals surface area contributed by atoms with Gasteiger partial charge in [-0.3, -0.25) is 4.79 Å². The monoisotopic (exact) mass is 316 g/mol. The fourth-order valence-corrected chi connectivity index (χ4v) is 2.66. The number of hydrogen-bond donors (Lipinski definition) is 0. The first-order valence-electron chi connectivity index (χ1n) is 4.74. The number of thiophene rings is 1. The van der Waals surface area contributed by atoms with E-state index in [1.807, 2.05) is 6.92 Å². The molecule has 0 saturated heterocycles. The van der Waals surface area contributed by atoms with Crippen LogP contribution in [0.4, 0.5) is 8.78 Å². The van der Waals surface area contributed by atoms with Gasteiger partial charge in [0.15, 0.2) is 17.4 Å². The van der Waals surface area contributed by atoms with Crippen molar-refractivity contribution in [1.29, 1.82) is 0 Å². The van der Waals surface area contributed by atoms with Gasteiger partial charge in [-0.15, -0.1) is 11.3 Å². The summed E-state index contributed by atoms with van der Waals surface area (Å²) >= 11 is 4.35. The van der Waals surface area contributed by atoms with E-state index < -0.39 is 11.6 Å². The molecule has 2 rings (SSSR count). The van der Waals surface area contributed by atoms with Crippen molar-refractivity contribution in [3.63, 3.8) is 0 Å². The van der Waals surface area contributed by atoms with Crippen molar-refractivity contribution in [3.8, 4) is 0 Å². The summed E-state index contributed by atoms with van der Waals surface area (Å²) in [5.74, 6) is -2.33. The van der Waals surface area contributed by atoms with Gasteiger partial charge in [0.25, 0.3) is 0 Å². The van der Waals surface area contributed by atoms with Crippen molar-refractivity contribution < 1.29 is 13.6 Å². The first-order chi connectivity index (χ1) is 8.02. The molecular weight excluding hydrogens is 310 g/mol. The molecule has 1 nitrogen and oxygen atoms in total. The van der Waals surface area contributed by atoms with Crippen molar-refractivity contribution in [2.24, 2.45) is 0 Å². The highest BCUT2D eigenvalue weighted by atomic mass is 79.9. The van der Waals surface area contributed by atoms with Gasteiger partial charge in [0.1, 0.15) is 0 Å². The third-order valence-corrected chi connectivity index (χ3v) is 4.00. The van der Waals surface area contributed by atoms with Crippen molar-refractivity contribution in [1.82, 2.24) is 0 Å². The maximum Gasteiger partial charge on any atom is 0.195 e. The van der Waals surface area contributed by atoms with Gasteiger partial charge < -0.3 is 0 Å². The van der Waals surface area contributed by atoms with Gasteiger partial charge >= 0.3 is 0 Å². The maximum absolute atomic E-state index is 13.3. The second kappa shape index (κ2) is 4.66. The van der Waals surface area contributed by atoms with Crippen LogP contribution < -0.4 is 0 Å². The van der Waals surface area contributed by atoms with Gasteiger partial charge in [0.2, 0.25) is 0 Å².